The molecule has 0 atom stereocenters. The molecule has 4 rings (SSSR count). The number of halogens is 3. The van der Waals surface area contributed by atoms with Gasteiger partial charge in [-0.25, -0.2) is 4.99 Å². The van der Waals surface area contributed by atoms with Crippen LogP contribution in [0.5, 0.6) is 0 Å². The molecule has 0 spiro atoms. The fourth-order valence-corrected chi connectivity index (χ4v) is 4.65. The Kier molecular flexibility index (Phi) is 7.01. The van der Waals surface area contributed by atoms with Crippen molar-refractivity contribution in [3.8, 4) is 11.3 Å². The van der Waals surface area contributed by atoms with Gasteiger partial charge < -0.3 is 4.42 Å². The minimum Gasteiger partial charge on any atom is -0.457 e. The summed E-state index contributed by atoms with van der Waals surface area (Å²) in [7, 11) is 0. The molecular formula is C24H19Cl3N2O2S. The van der Waals surface area contributed by atoms with Gasteiger partial charge in [0.15, 0.2) is 5.17 Å². The zero-order valence-corrected chi connectivity index (χ0v) is 20.4. The molecular weight excluding hydrogens is 487 g/mol. The van der Waals surface area contributed by atoms with Crippen LogP contribution >= 0.6 is 46.6 Å². The molecule has 0 radical (unpaired) electrons. The second-order valence-electron chi connectivity index (χ2n) is 7.59. The molecule has 1 aliphatic heterocycles. The minimum absolute atomic E-state index is 0.102. The van der Waals surface area contributed by atoms with E-state index < -0.39 is 0 Å². The summed E-state index contributed by atoms with van der Waals surface area (Å²) in [6.07, 6.45) is 1.73. The first-order valence-corrected chi connectivity index (χ1v) is 11.9. The first kappa shape index (κ1) is 23.0. The van der Waals surface area contributed by atoms with Gasteiger partial charge in [0.1, 0.15) is 11.5 Å². The predicted octanol–water partition coefficient (Wildman–Crippen LogP) is 8.17. The molecule has 0 bridgehead atoms. The highest BCUT2D eigenvalue weighted by atomic mass is 35.5. The van der Waals surface area contributed by atoms with E-state index in [1.54, 1.807) is 35.2 Å². The van der Waals surface area contributed by atoms with Crippen LogP contribution in [-0.2, 0) is 4.79 Å². The Bertz CT molecular complexity index is 1220. The van der Waals surface area contributed by atoms with Crippen LogP contribution in [0.1, 0.15) is 19.6 Å². The number of nitrogens with zero attached hydrogens (tertiary/aromatic N) is 2. The molecule has 1 saturated heterocycles. The van der Waals surface area contributed by atoms with Crippen LogP contribution in [0.4, 0.5) is 5.69 Å². The van der Waals surface area contributed by atoms with Gasteiger partial charge in [-0.2, -0.15) is 0 Å². The Labute approximate surface area is 205 Å². The van der Waals surface area contributed by atoms with Gasteiger partial charge in [0.05, 0.1) is 20.6 Å². The first-order chi connectivity index (χ1) is 15.3. The summed E-state index contributed by atoms with van der Waals surface area (Å²) in [6, 6.07) is 16.2. The van der Waals surface area contributed by atoms with Crippen molar-refractivity contribution < 1.29 is 9.21 Å². The van der Waals surface area contributed by atoms with Gasteiger partial charge in [-0.1, -0.05) is 54.7 Å². The fourth-order valence-electron chi connectivity index (χ4n) is 3.14. The van der Waals surface area contributed by atoms with E-state index in [2.05, 4.69) is 18.8 Å². The van der Waals surface area contributed by atoms with Crippen molar-refractivity contribution in [2.45, 2.75) is 13.8 Å². The average molecular weight is 506 g/mol. The summed E-state index contributed by atoms with van der Waals surface area (Å²) in [4.78, 5) is 20.0. The van der Waals surface area contributed by atoms with Crippen LogP contribution in [0.15, 0.2) is 68.9 Å². The van der Waals surface area contributed by atoms with Crippen molar-refractivity contribution in [2.75, 3.05) is 6.54 Å². The van der Waals surface area contributed by atoms with Crippen molar-refractivity contribution in [1.29, 1.82) is 0 Å². The lowest BCUT2D eigenvalue weighted by Gasteiger charge is -2.17. The number of furan rings is 1. The molecule has 0 aliphatic carbocycles. The number of aliphatic imine (C=N–C) groups is 1. The molecule has 1 aromatic heterocycles. The molecule has 0 saturated carbocycles. The number of amides is 1. The summed E-state index contributed by atoms with van der Waals surface area (Å²) in [5.74, 6) is 1.31. The minimum atomic E-state index is -0.102. The number of benzene rings is 2. The summed E-state index contributed by atoms with van der Waals surface area (Å²) >= 11 is 19.7. The van der Waals surface area contributed by atoms with E-state index in [0.717, 1.165) is 5.69 Å². The smallest absolute Gasteiger partial charge is 0.266 e. The summed E-state index contributed by atoms with van der Waals surface area (Å²) in [6.45, 7) is 4.69. The van der Waals surface area contributed by atoms with E-state index in [1.807, 2.05) is 30.3 Å². The molecule has 2 heterocycles. The normalized spacial score (nSPS) is 16.7. The second-order valence-corrected chi connectivity index (χ2v) is 9.83. The van der Waals surface area contributed by atoms with Gasteiger partial charge in [-0.05, 0) is 66.2 Å². The van der Waals surface area contributed by atoms with Gasteiger partial charge in [0.25, 0.3) is 5.91 Å². The molecule has 1 fully saturated rings. The van der Waals surface area contributed by atoms with Crippen LogP contribution in [0.25, 0.3) is 17.4 Å². The van der Waals surface area contributed by atoms with Gasteiger partial charge in [0, 0.05) is 23.2 Å². The summed E-state index contributed by atoms with van der Waals surface area (Å²) < 4.78 is 5.94. The lowest BCUT2D eigenvalue weighted by atomic mass is 10.2. The van der Waals surface area contributed by atoms with Gasteiger partial charge in [-0.15, -0.1) is 0 Å². The SMILES string of the molecule is CC(C)CN1C(=O)/C(=C/c2ccc(-c3cccc(Cl)c3Cl)o2)SC1=Nc1ccc(Cl)cc1. The van der Waals surface area contributed by atoms with Crippen molar-refractivity contribution in [3.05, 3.63) is 80.3 Å². The molecule has 8 heteroatoms. The average Bonchev–Trinajstić information content (AvgIpc) is 3.32. The van der Waals surface area contributed by atoms with E-state index in [0.29, 0.717) is 48.8 Å². The van der Waals surface area contributed by atoms with E-state index >= 15 is 0 Å². The number of carbonyl (C=O) groups is 1. The predicted molar refractivity (Wildman–Crippen MR) is 135 cm³/mol. The maximum atomic E-state index is 13.1. The summed E-state index contributed by atoms with van der Waals surface area (Å²) in [5, 5.41) is 2.14. The maximum Gasteiger partial charge on any atom is 0.266 e. The standard InChI is InChI=1S/C24H19Cl3N2O2S/c1-14(2)13-29-23(30)21(32-24(29)28-16-8-6-15(25)7-9-16)12-17-10-11-20(31-17)18-4-3-5-19(26)22(18)27/h3-12,14H,13H2,1-2H3/b21-12-,28-24?. The fraction of sp³-hybridized carbons (Fsp3) is 0.167. The number of amidine groups is 1. The van der Waals surface area contributed by atoms with E-state index in [-0.39, 0.29) is 11.8 Å². The van der Waals surface area contributed by atoms with Crippen molar-refractivity contribution >= 4 is 69.4 Å². The van der Waals surface area contributed by atoms with Crippen molar-refractivity contribution in [1.82, 2.24) is 4.90 Å². The molecule has 1 amide bonds. The number of carbonyl (C=O) groups excluding carboxylic acids is 1. The quantitative estimate of drug-likeness (QED) is 0.328. The Morgan fingerprint density at radius 2 is 1.81 bits per heavy atom. The van der Waals surface area contributed by atoms with Crippen LogP contribution < -0.4 is 0 Å². The van der Waals surface area contributed by atoms with Gasteiger partial charge in [0.2, 0.25) is 0 Å². The number of hydrogen-bond acceptors (Lipinski definition) is 4. The van der Waals surface area contributed by atoms with Gasteiger partial charge >= 0.3 is 0 Å². The zero-order valence-electron chi connectivity index (χ0n) is 17.3. The molecule has 0 N–H and O–H groups in total. The highest BCUT2D eigenvalue weighted by Gasteiger charge is 2.34. The Balaban J connectivity index is 1.65. The highest BCUT2D eigenvalue weighted by molar-refractivity contribution is 8.18. The number of thioether (sulfide) groups is 1. The number of hydrogen-bond donors (Lipinski definition) is 0. The second kappa shape index (κ2) is 9.75. The van der Waals surface area contributed by atoms with E-state index in [4.69, 9.17) is 39.2 Å². The Morgan fingerprint density at radius 3 is 2.53 bits per heavy atom. The van der Waals surface area contributed by atoms with E-state index in [9.17, 15) is 4.79 Å². The van der Waals surface area contributed by atoms with Crippen LogP contribution in [0.2, 0.25) is 15.1 Å². The largest absolute Gasteiger partial charge is 0.457 e. The zero-order chi connectivity index (χ0) is 22.8. The molecule has 2 aromatic carbocycles. The van der Waals surface area contributed by atoms with Gasteiger partial charge in [-0.3, -0.25) is 9.69 Å². The van der Waals surface area contributed by atoms with E-state index in [1.165, 1.54) is 11.8 Å². The molecule has 1 aliphatic rings. The van der Waals surface area contributed by atoms with Crippen LogP contribution in [-0.4, -0.2) is 22.5 Å². The third-order valence-electron chi connectivity index (χ3n) is 4.60. The molecule has 4 nitrogen and oxygen atoms in total. The Hall–Kier alpha value is -2.18. The third-order valence-corrected chi connectivity index (χ3v) is 6.68. The maximum absolute atomic E-state index is 13.1. The molecule has 164 valence electrons. The molecule has 3 aromatic rings. The molecule has 32 heavy (non-hydrogen) atoms. The highest BCUT2D eigenvalue weighted by Crippen LogP contribution is 2.37. The lowest BCUT2D eigenvalue weighted by Crippen LogP contribution is -2.32. The van der Waals surface area contributed by atoms with Crippen LogP contribution in [0.3, 0.4) is 0 Å². The Morgan fingerprint density at radius 1 is 1.06 bits per heavy atom. The van der Waals surface area contributed by atoms with Crippen molar-refractivity contribution in [2.24, 2.45) is 10.9 Å². The number of rotatable bonds is 5. The molecule has 0 unspecified atom stereocenters. The third kappa shape index (κ3) is 5.07. The van der Waals surface area contributed by atoms with Crippen molar-refractivity contribution in [3.63, 3.8) is 0 Å². The first-order valence-electron chi connectivity index (χ1n) is 9.91. The topological polar surface area (TPSA) is 45.8 Å². The summed E-state index contributed by atoms with van der Waals surface area (Å²) in [5.41, 5.74) is 1.43. The lowest BCUT2D eigenvalue weighted by molar-refractivity contribution is -0.122. The monoisotopic (exact) mass is 504 g/mol. The van der Waals surface area contributed by atoms with Crippen LogP contribution in [0, 0.1) is 5.92 Å².